The summed E-state index contributed by atoms with van der Waals surface area (Å²) >= 11 is 0. The van der Waals surface area contributed by atoms with Crippen molar-refractivity contribution >= 4 is 5.71 Å². The smallest absolute Gasteiger partial charge is 0.106 e. The zero-order valence-corrected chi connectivity index (χ0v) is 9.99. The number of hydrogen-bond donors (Lipinski definition) is 0. The predicted molar refractivity (Wildman–Crippen MR) is 64.7 cm³/mol. The van der Waals surface area contributed by atoms with Gasteiger partial charge < -0.3 is 4.84 Å². The lowest BCUT2D eigenvalue weighted by Crippen LogP contribution is -2.09. The Morgan fingerprint density at radius 3 is 2.94 bits per heavy atom. The lowest BCUT2D eigenvalue weighted by atomic mass is 9.95. The van der Waals surface area contributed by atoms with Crippen LogP contribution in [0.1, 0.15) is 36.1 Å². The van der Waals surface area contributed by atoms with Gasteiger partial charge in [0.05, 0.1) is 5.71 Å². The van der Waals surface area contributed by atoms with Crippen molar-refractivity contribution in [3.63, 3.8) is 0 Å². The molecule has 1 aromatic heterocycles. The number of aromatic nitrogens is 1. The summed E-state index contributed by atoms with van der Waals surface area (Å²) < 4.78 is 0. The average molecular weight is 218 g/mol. The topological polar surface area (TPSA) is 34.5 Å². The van der Waals surface area contributed by atoms with Gasteiger partial charge in [-0.25, -0.2) is 0 Å². The van der Waals surface area contributed by atoms with Gasteiger partial charge in [0.2, 0.25) is 0 Å². The van der Waals surface area contributed by atoms with E-state index in [2.05, 4.69) is 23.1 Å². The minimum atomic E-state index is 0.992. The van der Waals surface area contributed by atoms with E-state index in [1.54, 1.807) is 7.11 Å². The molecule has 1 aliphatic rings. The quantitative estimate of drug-likeness (QED) is 0.679. The van der Waals surface area contributed by atoms with Gasteiger partial charge in [-0.1, -0.05) is 11.2 Å². The Morgan fingerprint density at radius 2 is 2.12 bits per heavy atom. The van der Waals surface area contributed by atoms with Crippen molar-refractivity contribution in [2.75, 3.05) is 7.11 Å². The van der Waals surface area contributed by atoms with E-state index in [1.807, 2.05) is 6.20 Å². The summed E-state index contributed by atoms with van der Waals surface area (Å²) in [7, 11) is 1.62. The van der Waals surface area contributed by atoms with Crippen LogP contribution < -0.4 is 0 Å². The summed E-state index contributed by atoms with van der Waals surface area (Å²) in [4.78, 5) is 9.38. The van der Waals surface area contributed by atoms with Crippen LogP contribution >= 0.6 is 0 Å². The highest BCUT2D eigenvalue weighted by Gasteiger charge is 2.11. The fraction of sp³-hybridized carbons (Fsp3) is 0.538. The molecule has 0 saturated heterocycles. The molecule has 1 heterocycles. The van der Waals surface area contributed by atoms with Crippen LogP contribution in [0.25, 0.3) is 0 Å². The first-order chi connectivity index (χ1) is 7.79. The third-order valence-electron chi connectivity index (χ3n) is 2.98. The molecule has 0 aromatic carbocycles. The summed E-state index contributed by atoms with van der Waals surface area (Å²) in [5, 5.41) is 4.08. The van der Waals surface area contributed by atoms with Gasteiger partial charge in [0.1, 0.15) is 7.11 Å². The van der Waals surface area contributed by atoms with E-state index >= 15 is 0 Å². The standard InChI is InChI=1S/C13H18N2O/c1-10-8-11-6-7-12(15-16-2)4-3-5-13(11)14-9-10/h8-9H,3-7H2,1-2H3/b15-12+. The van der Waals surface area contributed by atoms with Gasteiger partial charge >= 0.3 is 0 Å². The molecule has 0 atom stereocenters. The number of nitrogens with zero attached hydrogens (tertiary/aromatic N) is 2. The molecule has 0 fully saturated rings. The van der Waals surface area contributed by atoms with Crippen LogP contribution in [0.15, 0.2) is 17.4 Å². The van der Waals surface area contributed by atoms with E-state index in [9.17, 15) is 0 Å². The molecule has 3 nitrogen and oxygen atoms in total. The summed E-state index contributed by atoms with van der Waals surface area (Å²) in [5.74, 6) is 0. The maximum atomic E-state index is 4.86. The van der Waals surface area contributed by atoms with Crippen LogP contribution in [0.4, 0.5) is 0 Å². The van der Waals surface area contributed by atoms with E-state index in [0.717, 1.165) is 32.1 Å². The number of aryl methyl sites for hydroxylation is 3. The Balaban J connectivity index is 2.19. The van der Waals surface area contributed by atoms with Crippen molar-refractivity contribution in [3.8, 4) is 0 Å². The maximum Gasteiger partial charge on any atom is 0.106 e. The Kier molecular flexibility index (Phi) is 3.54. The molecule has 0 amide bonds. The second-order valence-electron chi connectivity index (χ2n) is 4.31. The van der Waals surface area contributed by atoms with Gasteiger partial charge in [-0.15, -0.1) is 0 Å². The lowest BCUT2D eigenvalue weighted by molar-refractivity contribution is 0.211. The molecule has 0 saturated carbocycles. The van der Waals surface area contributed by atoms with Gasteiger partial charge in [-0.2, -0.15) is 0 Å². The Labute approximate surface area is 96.5 Å². The molecule has 86 valence electrons. The van der Waals surface area contributed by atoms with E-state index < -0.39 is 0 Å². The minimum absolute atomic E-state index is 0.992. The Morgan fingerprint density at radius 1 is 1.25 bits per heavy atom. The molecule has 0 radical (unpaired) electrons. The van der Waals surface area contributed by atoms with E-state index in [4.69, 9.17) is 4.84 Å². The molecule has 0 unspecified atom stereocenters. The first-order valence-corrected chi connectivity index (χ1v) is 5.83. The number of pyridine rings is 1. The largest absolute Gasteiger partial charge is 0.399 e. The van der Waals surface area contributed by atoms with Gasteiger partial charge in [-0.05, 0) is 50.2 Å². The monoisotopic (exact) mass is 218 g/mol. The lowest BCUT2D eigenvalue weighted by Gasteiger charge is -2.14. The number of hydrogen-bond acceptors (Lipinski definition) is 3. The van der Waals surface area contributed by atoms with Crippen LogP contribution in [0, 0.1) is 6.92 Å². The summed E-state index contributed by atoms with van der Waals surface area (Å²) in [6, 6.07) is 2.25. The van der Waals surface area contributed by atoms with E-state index in [0.29, 0.717) is 0 Å². The highest BCUT2D eigenvalue weighted by molar-refractivity contribution is 5.84. The van der Waals surface area contributed by atoms with Crippen molar-refractivity contribution < 1.29 is 4.84 Å². The van der Waals surface area contributed by atoms with Crippen LogP contribution in [-0.2, 0) is 17.7 Å². The molecule has 0 spiro atoms. The summed E-state index contributed by atoms with van der Waals surface area (Å²) in [6.07, 6.45) is 7.19. The predicted octanol–water partition coefficient (Wildman–Crippen LogP) is 2.66. The fourth-order valence-corrected chi connectivity index (χ4v) is 2.18. The Hall–Kier alpha value is -1.38. The number of fused-ring (bicyclic) bond motifs is 1. The van der Waals surface area contributed by atoms with Crippen molar-refractivity contribution in [1.29, 1.82) is 0 Å². The zero-order chi connectivity index (χ0) is 11.4. The van der Waals surface area contributed by atoms with E-state index in [1.165, 1.54) is 22.5 Å². The third kappa shape index (κ3) is 2.60. The van der Waals surface area contributed by atoms with Crippen LogP contribution in [0.3, 0.4) is 0 Å². The Bertz CT molecular complexity index is 399. The van der Waals surface area contributed by atoms with Crippen molar-refractivity contribution in [3.05, 3.63) is 29.1 Å². The van der Waals surface area contributed by atoms with Crippen LogP contribution in [0.2, 0.25) is 0 Å². The fourth-order valence-electron chi connectivity index (χ4n) is 2.18. The first kappa shape index (κ1) is 11.1. The summed E-state index contributed by atoms with van der Waals surface area (Å²) in [6.45, 7) is 2.09. The molecule has 1 aliphatic carbocycles. The molecule has 0 aliphatic heterocycles. The highest BCUT2D eigenvalue weighted by atomic mass is 16.6. The highest BCUT2D eigenvalue weighted by Crippen LogP contribution is 2.18. The molecule has 16 heavy (non-hydrogen) atoms. The van der Waals surface area contributed by atoms with Crippen LogP contribution in [0.5, 0.6) is 0 Å². The minimum Gasteiger partial charge on any atom is -0.399 e. The third-order valence-corrected chi connectivity index (χ3v) is 2.98. The van der Waals surface area contributed by atoms with Gasteiger partial charge in [0.25, 0.3) is 0 Å². The van der Waals surface area contributed by atoms with Gasteiger partial charge in [0, 0.05) is 11.9 Å². The molecule has 0 bridgehead atoms. The number of oxime groups is 1. The molecular weight excluding hydrogens is 200 g/mol. The molecular formula is C13H18N2O. The van der Waals surface area contributed by atoms with Crippen molar-refractivity contribution in [2.45, 2.75) is 39.0 Å². The zero-order valence-electron chi connectivity index (χ0n) is 9.99. The molecule has 2 rings (SSSR count). The van der Waals surface area contributed by atoms with Gasteiger partial charge in [0.15, 0.2) is 0 Å². The molecule has 0 N–H and O–H groups in total. The second kappa shape index (κ2) is 5.10. The van der Waals surface area contributed by atoms with Gasteiger partial charge in [-0.3, -0.25) is 4.98 Å². The summed E-state index contributed by atoms with van der Waals surface area (Å²) in [5.41, 5.74) is 5.06. The maximum absolute atomic E-state index is 4.86. The first-order valence-electron chi connectivity index (χ1n) is 5.83. The SMILES string of the molecule is CO/N=C1\CCCc2ncc(C)cc2CC1. The second-order valence-corrected chi connectivity index (χ2v) is 4.31. The van der Waals surface area contributed by atoms with Crippen LogP contribution in [-0.4, -0.2) is 17.8 Å². The normalized spacial score (nSPS) is 18.8. The number of rotatable bonds is 1. The molecule has 3 heteroatoms. The average Bonchev–Trinajstić information content (AvgIpc) is 2.25. The van der Waals surface area contributed by atoms with E-state index in [-0.39, 0.29) is 0 Å². The van der Waals surface area contributed by atoms with Crippen molar-refractivity contribution in [2.24, 2.45) is 5.16 Å². The molecule has 1 aromatic rings. The van der Waals surface area contributed by atoms with Crippen molar-refractivity contribution in [1.82, 2.24) is 4.98 Å².